The van der Waals surface area contributed by atoms with Crippen LogP contribution in [0, 0.1) is 0 Å². The van der Waals surface area contributed by atoms with E-state index in [1.165, 1.54) is 0 Å². The summed E-state index contributed by atoms with van der Waals surface area (Å²) in [4.78, 5) is 0. The molecule has 0 bridgehead atoms. The second-order valence-electron chi connectivity index (χ2n) is 7.62. The fourth-order valence-corrected chi connectivity index (χ4v) is 5.69. The predicted molar refractivity (Wildman–Crippen MR) is 144 cm³/mol. The molecule has 0 amide bonds. The van der Waals surface area contributed by atoms with Gasteiger partial charge in [0, 0.05) is 22.7 Å². The molecule has 0 radical (unpaired) electrons. The zero-order valence-electron chi connectivity index (χ0n) is 18.7. The van der Waals surface area contributed by atoms with Gasteiger partial charge in [-0.15, -0.1) is 0 Å². The van der Waals surface area contributed by atoms with Gasteiger partial charge in [0.25, 0.3) is 0 Å². The summed E-state index contributed by atoms with van der Waals surface area (Å²) in [5, 5.41) is 0. The highest BCUT2D eigenvalue weighted by molar-refractivity contribution is 7.57. The minimum absolute atomic E-state index is 0.822. The SMILES string of the molecule is c1ccc(OP(N(c2ccccc2)c2ccccc2)N(c2ccccc2)c2ccccc2)cc1. The van der Waals surface area contributed by atoms with Gasteiger partial charge in [0.05, 0.1) is 0 Å². The lowest BCUT2D eigenvalue weighted by Gasteiger charge is -2.39. The molecule has 0 spiro atoms. The number of nitrogens with zero attached hydrogens (tertiary/aromatic N) is 2. The van der Waals surface area contributed by atoms with Gasteiger partial charge in [-0.25, -0.2) is 0 Å². The van der Waals surface area contributed by atoms with Crippen molar-refractivity contribution in [2.24, 2.45) is 0 Å². The first kappa shape index (κ1) is 21.8. The molecule has 0 saturated heterocycles. The van der Waals surface area contributed by atoms with Crippen molar-refractivity contribution in [2.75, 3.05) is 9.34 Å². The molecule has 5 rings (SSSR count). The van der Waals surface area contributed by atoms with Crippen LogP contribution in [0.2, 0.25) is 0 Å². The van der Waals surface area contributed by atoms with E-state index in [0.29, 0.717) is 0 Å². The summed E-state index contributed by atoms with van der Waals surface area (Å²) in [6, 6.07) is 51.8. The van der Waals surface area contributed by atoms with Crippen molar-refractivity contribution in [3.8, 4) is 5.75 Å². The van der Waals surface area contributed by atoms with Gasteiger partial charge < -0.3 is 4.52 Å². The summed E-state index contributed by atoms with van der Waals surface area (Å²) in [5.74, 6) is 0.822. The third kappa shape index (κ3) is 4.96. The monoisotopic (exact) mass is 460 g/mol. The quantitative estimate of drug-likeness (QED) is 0.215. The van der Waals surface area contributed by atoms with Crippen LogP contribution in [0.1, 0.15) is 0 Å². The van der Waals surface area contributed by atoms with Crippen LogP contribution in [0.3, 0.4) is 0 Å². The van der Waals surface area contributed by atoms with Crippen LogP contribution in [-0.2, 0) is 0 Å². The lowest BCUT2D eigenvalue weighted by Crippen LogP contribution is -2.25. The lowest BCUT2D eigenvalue weighted by atomic mass is 10.3. The molecule has 0 aliphatic carbocycles. The molecule has 4 heteroatoms. The van der Waals surface area contributed by atoms with Gasteiger partial charge >= 0.3 is 8.45 Å². The number of rotatable bonds is 8. The first-order valence-corrected chi connectivity index (χ1v) is 12.4. The third-order valence-corrected chi connectivity index (χ3v) is 7.26. The van der Waals surface area contributed by atoms with Crippen molar-refractivity contribution >= 4 is 31.2 Å². The normalized spacial score (nSPS) is 10.6. The average Bonchev–Trinajstić information content (AvgIpc) is 2.92. The van der Waals surface area contributed by atoms with E-state index in [2.05, 4.69) is 106 Å². The zero-order chi connectivity index (χ0) is 23.0. The molecular weight excluding hydrogens is 435 g/mol. The largest absolute Gasteiger partial charge is 0.436 e. The van der Waals surface area contributed by atoms with E-state index >= 15 is 0 Å². The summed E-state index contributed by atoms with van der Waals surface area (Å²) in [7, 11) is -1.40. The van der Waals surface area contributed by atoms with Gasteiger partial charge in [-0.05, 0) is 60.7 Å². The summed E-state index contributed by atoms with van der Waals surface area (Å²) < 4.78 is 11.5. The molecule has 5 aromatic rings. The summed E-state index contributed by atoms with van der Waals surface area (Å²) in [6.45, 7) is 0. The van der Waals surface area contributed by atoms with Gasteiger partial charge in [0.1, 0.15) is 5.75 Å². The Balaban J connectivity index is 1.73. The van der Waals surface area contributed by atoms with Crippen molar-refractivity contribution in [3.63, 3.8) is 0 Å². The molecule has 0 atom stereocenters. The van der Waals surface area contributed by atoms with Gasteiger partial charge in [-0.3, -0.25) is 9.34 Å². The first-order chi connectivity index (χ1) is 16.9. The van der Waals surface area contributed by atoms with Crippen LogP contribution in [0.15, 0.2) is 152 Å². The highest BCUT2D eigenvalue weighted by Crippen LogP contribution is 2.57. The Bertz CT molecular complexity index is 1110. The van der Waals surface area contributed by atoms with E-state index in [0.717, 1.165) is 28.5 Å². The second-order valence-corrected chi connectivity index (χ2v) is 9.11. The van der Waals surface area contributed by atoms with E-state index in [-0.39, 0.29) is 0 Å². The molecule has 3 nitrogen and oxygen atoms in total. The zero-order valence-corrected chi connectivity index (χ0v) is 19.6. The van der Waals surface area contributed by atoms with Gasteiger partial charge in [-0.1, -0.05) is 91.0 Å². The molecule has 0 unspecified atom stereocenters. The molecule has 0 fully saturated rings. The average molecular weight is 461 g/mol. The van der Waals surface area contributed by atoms with Crippen LogP contribution in [-0.4, -0.2) is 0 Å². The van der Waals surface area contributed by atoms with E-state index in [9.17, 15) is 0 Å². The minimum atomic E-state index is -1.40. The van der Waals surface area contributed by atoms with Gasteiger partial charge in [0.2, 0.25) is 0 Å². The van der Waals surface area contributed by atoms with Crippen LogP contribution in [0.25, 0.3) is 0 Å². The molecule has 0 heterocycles. The fourth-order valence-electron chi connectivity index (χ4n) is 3.72. The van der Waals surface area contributed by atoms with Crippen LogP contribution in [0.4, 0.5) is 22.7 Å². The molecular formula is C30H25N2OP. The molecule has 5 aromatic carbocycles. The molecule has 0 aliphatic heterocycles. The number of para-hydroxylation sites is 5. The second kappa shape index (κ2) is 10.7. The predicted octanol–water partition coefficient (Wildman–Crippen LogP) is 8.97. The smallest absolute Gasteiger partial charge is 0.319 e. The summed E-state index contributed by atoms with van der Waals surface area (Å²) >= 11 is 0. The Morgan fingerprint density at radius 1 is 0.353 bits per heavy atom. The van der Waals surface area contributed by atoms with Crippen molar-refractivity contribution in [2.45, 2.75) is 0 Å². The Kier molecular flexibility index (Phi) is 6.85. The van der Waals surface area contributed by atoms with Crippen molar-refractivity contribution in [1.29, 1.82) is 0 Å². The lowest BCUT2D eigenvalue weighted by molar-refractivity contribution is 0.612. The van der Waals surface area contributed by atoms with Crippen molar-refractivity contribution < 1.29 is 4.52 Å². The van der Waals surface area contributed by atoms with E-state index in [1.807, 2.05) is 54.6 Å². The Morgan fingerprint density at radius 3 is 0.912 bits per heavy atom. The van der Waals surface area contributed by atoms with Crippen molar-refractivity contribution in [1.82, 2.24) is 0 Å². The number of benzene rings is 5. The Hall–Kier alpha value is -4.07. The maximum absolute atomic E-state index is 6.87. The highest BCUT2D eigenvalue weighted by atomic mass is 31.2. The topological polar surface area (TPSA) is 15.7 Å². The number of hydrogen-bond acceptors (Lipinski definition) is 3. The molecule has 34 heavy (non-hydrogen) atoms. The van der Waals surface area contributed by atoms with Crippen LogP contribution < -0.4 is 13.9 Å². The third-order valence-electron chi connectivity index (χ3n) is 5.28. The molecule has 0 saturated carbocycles. The van der Waals surface area contributed by atoms with E-state index in [1.54, 1.807) is 0 Å². The van der Waals surface area contributed by atoms with E-state index in [4.69, 9.17) is 4.52 Å². The van der Waals surface area contributed by atoms with Gasteiger partial charge in [0.15, 0.2) is 0 Å². The van der Waals surface area contributed by atoms with Crippen molar-refractivity contribution in [3.05, 3.63) is 152 Å². The number of hydrogen-bond donors (Lipinski definition) is 0. The maximum atomic E-state index is 6.87. The Morgan fingerprint density at radius 2 is 0.618 bits per heavy atom. The number of anilines is 4. The van der Waals surface area contributed by atoms with E-state index < -0.39 is 8.45 Å². The standard InChI is InChI=1S/C30H25N2OP/c1-6-16-26(17-7-1)31(27-18-8-2-9-19-27)34(33-30-24-14-5-15-25-30)32(28-20-10-3-11-21-28)29-22-12-4-13-23-29/h1-25H. The highest BCUT2D eigenvalue weighted by Gasteiger charge is 2.33. The maximum Gasteiger partial charge on any atom is 0.319 e. The van der Waals surface area contributed by atoms with Crippen LogP contribution in [0.5, 0.6) is 5.75 Å². The molecule has 166 valence electrons. The fraction of sp³-hybridized carbons (Fsp3) is 0. The minimum Gasteiger partial charge on any atom is -0.436 e. The molecule has 0 aliphatic rings. The Labute approximate surface area is 202 Å². The molecule has 0 aromatic heterocycles. The summed E-state index contributed by atoms with van der Waals surface area (Å²) in [5.41, 5.74) is 4.25. The summed E-state index contributed by atoms with van der Waals surface area (Å²) in [6.07, 6.45) is 0. The van der Waals surface area contributed by atoms with Gasteiger partial charge in [-0.2, -0.15) is 0 Å². The van der Waals surface area contributed by atoms with Crippen LogP contribution >= 0.6 is 8.45 Å². The molecule has 0 N–H and O–H groups in total. The first-order valence-electron chi connectivity index (χ1n) is 11.2.